The minimum atomic E-state index is 0.337. The topological polar surface area (TPSA) is 24.5 Å². The summed E-state index contributed by atoms with van der Waals surface area (Å²) in [6, 6.07) is 6.37. The molecule has 0 aliphatic carbocycles. The fourth-order valence-electron chi connectivity index (χ4n) is 3.03. The lowest BCUT2D eigenvalue weighted by Gasteiger charge is -2.45. The standard InChI is InChI=1S/C14H20N2O/c1-14(8-16(2)9-14)10-17-13-5-3-4-11-6-15-7-12(11)13/h3-5,15H,6-10H2,1-2H3. The average molecular weight is 232 g/mol. The van der Waals surface area contributed by atoms with Gasteiger partial charge in [-0.1, -0.05) is 19.1 Å². The van der Waals surface area contributed by atoms with Gasteiger partial charge in [-0.25, -0.2) is 0 Å². The average Bonchev–Trinajstić information content (AvgIpc) is 2.72. The fourth-order valence-corrected chi connectivity index (χ4v) is 3.03. The van der Waals surface area contributed by atoms with Crippen molar-refractivity contribution in [2.75, 3.05) is 26.7 Å². The van der Waals surface area contributed by atoms with Gasteiger partial charge < -0.3 is 15.0 Å². The van der Waals surface area contributed by atoms with Crippen molar-refractivity contribution < 1.29 is 4.74 Å². The van der Waals surface area contributed by atoms with Crippen molar-refractivity contribution in [1.29, 1.82) is 0 Å². The Morgan fingerprint density at radius 1 is 1.35 bits per heavy atom. The van der Waals surface area contributed by atoms with Crippen molar-refractivity contribution in [2.45, 2.75) is 20.0 Å². The zero-order chi connectivity index (χ0) is 11.9. The number of ether oxygens (including phenoxy) is 1. The molecule has 2 heterocycles. The molecule has 1 aromatic rings. The number of fused-ring (bicyclic) bond motifs is 1. The summed E-state index contributed by atoms with van der Waals surface area (Å²) in [4.78, 5) is 2.33. The van der Waals surface area contributed by atoms with Gasteiger partial charge >= 0.3 is 0 Å². The second-order valence-electron chi connectivity index (χ2n) is 5.77. The van der Waals surface area contributed by atoms with Crippen LogP contribution in [-0.2, 0) is 13.1 Å². The summed E-state index contributed by atoms with van der Waals surface area (Å²) >= 11 is 0. The minimum absolute atomic E-state index is 0.337. The van der Waals surface area contributed by atoms with Crippen molar-refractivity contribution in [1.82, 2.24) is 10.2 Å². The molecular weight excluding hydrogens is 212 g/mol. The highest BCUT2D eigenvalue weighted by atomic mass is 16.5. The number of nitrogens with one attached hydrogen (secondary N) is 1. The van der Waals surface area contributed by atoms with E-state index < -0.39 is 0 Å². The Balaban J connectivity index is 1.68. The van der Waals surface area contributed by atoms with Gasteiger partial charge in [-0.3, -0.25) is 0 Å². The molecule has 0 aromatic heterocycles. The third-order valence-corrected chi connectivity index (χ3v) is 3.73. The Morgan fingerprint density at radius 3 is 2.94 bits per heavy atom. The Hall–Kier alpha value is -1.06. The van der Waals surface area contributed by atoms with Gasteiger partial charge in [0.15, 0.2) is 0 Å². The van der Waals surface area contributed by atoms with Crippen LogP contribution in [0, 0.1) is 5.41 Å². The molecule has 1 N–H and O–H groups in total. The number of benzene rings is 1. The fraction of sp³-hybridized carbons (Fsp3) is 0.571. The van der Waals surface area contributed by atoms with Crippen molar-refractivity contribution >= 4 is 0 Å². The second-order valence-corrected chi connectivity index (χ2v) is 5.77. The third kappa shape index (κ3) is 2.05. The van der Waals surface area contributed by atoms with E-state index in [9.17, 15) is 0 Å². The van der Waals surface area contributed by atoms with E-state index in [2.05, 4.69) is 42.4 Å². The normalized spacial score (nSPS) is 22.0. The van der Waals surface area contributed by atoms with E-state index in [-0.39, 0.29) is 0 Å². The van der Waals surface area contributed by atoms with E-state index >= 15 is 0 Å². The van der Waals surface area contributed by atoms with Crippen LogP contribution in [0.25, 0.3) is 0 Å². The van der Waals surface area contributed by atoms with Crippen LogP contribution in [-0.4, -0.2) is 31.6 Å². The summed E-state index contributed by atoms with van der Waals surface area (Å²) in [7, 11) is 2.16. The molecule has 1 saturated heterocycles. The molecule has 3 rings (SSSR count). The van der Waals surface area contributed by atoms with Crippen LogP contribution in [0.4, 0.5) is 0 Å². The summed E-state index contributed by atoms with van der Waals surface area (Å²) in [5, 5.41) is 3.37. The first-order chi connectivity index (χ1) is 8.16. The SMILES string of the molecule is CN1CC(C)(COc2cccc3c2CNC3)C1. The predicted molar refractivity (Wildman–Crippen MR) is 68.1 cm³/mol. The van der Waals surface area contributed by atoms with Gasteiger partial charge in [-0.15, -0.1) is 0 Å². The minimum Gasteiger partial charge on any atom is -0.493 e. The van der Waals surface area contributed by atoms with Gasteiger partial charge in [0.25, 0.3) is 0 Å². The Kier molecular flexibility index (Phi) is 2.60. The second kappa shape index (κ2) is 4.00. The van der Waals surface area contributed by atoms with Crippen LogP contribution in [0.5, 0.6) is 5.75 Å². The molecule has 17 heavy (non-hydrogen) atoms. The molecule has 2 aliphatic heterocycles. The smallest absolute Gasteiger partial charge is 0.124 e. The predicted octanol–water partition coefficient (Wildman–Crippen LogP) is 1.62. The van der Waals surface area contributed by atoms with Gasteiger partial charge in [-0.2, -0.15) is 0 Å². The molecule has 0 radical (unpaired) electrons. The first kappa shape index (κ1) is 11.1. The van der Waals surface area contributed by atoms with Crippen LogP contribution in [0.2, 0.25) is 0 Å². The maximum atomic E-state index is 6.04. The quantitative estimate of drug-likeness (QED) is 0.857. The van der Waals surface area contributed by atoms with E-state index in [0.29, 0.717) is 5.41 Å². The molecule has 2 aliphatic rings. The molecule has 0 unspecified atom stereocenters. The molecule has 0 amide bonds. The first-order valence-electron chi connectivity index (χ1n) is 6.29. The van der Waals surface area contributed by atoms with Gasteiger partial charge in [0, 0.05) is 37.2 Å². The van der Waals surface area contributed by atoms with Gasteiger partial charge in [0.05, 0.1) is 6.61 Å². The van der Waals surface area contributed by atoms with Crippen LogP contribution in [0.3, 0.4) is 0 Å². The van der Waals surface area contributed by atoms with E-state index in [1.165, 1.54) is 11.1 Å². The molecule has 0 spiro atoms. The zero-order valence-corrected chi connectivity index (χ0v) is 10.6. The largest absolute Gasteiger partial charge is 0.493 e. The van der Waals surface area contributed by atoms with Gasteiger partial charge in [0.1, 0.15) is 5.75 Å². The monoisotopic (exact) mass is 232 g/mol. The van der Waals surface area contributed by atoms with Crippen molar-refractivity contribution in [3.05, 3.63) is 29.3 Å². The number of nitrogens with zero attached hydrogens (tertiary/aromatic N) is 1. The van der Waals surface area contributed by atoms with Crippen molar-refractivity contribution in [3.63, 3.8) is 0 Å². The molecule has 1 aromatic carbocycles. The number of rotatable bonds is 3. The molecule has 3 heteroatoms. The van der Waals surface area contributed by atoms with E-state index in [1.54, 1.807) is 0 Å². The third-order valence-electron chi connectivity index (χ3n) is 3.73. The van der Waals surface area contributed by atoms with Crippen molar-refractivity contribution in [2.24, 2.45) is 5.41 Å². The number of hydrogen-bond donors (Lipinski definition) is 1. The van der Waals surface area contributed by atoms with Crippen LogP contribution < -0.4 is 10.1 Å². The molecule has 0 saturated carbocycles. The van der Waals surface area contributed by atoms with Crippen molar-refractivity contribution in [3.8, 4) is 5.75 Å². The molecule has 0 bridgehead atoms. The molecule has 3 nitrogen and oxygen atoms in total. The summed E-state index contributed by atoms with van der Waals surface area (Å²) in [6.45, 7) is 7.33. The summed E-state index contributed by atoms with van der Waals surface area (Å²) in [6.07, 6.45) is 0. The Morgan fingerprint density at radius 2 is 2.18 bits per heavy atom. The highest BCUT2D eigenvalue weighted by Crippen LogP contribution is 2.31. The summed E-state index contributed by atoms with van der Waals surface area (Å²) in [5.74, 6) is 1.07. The number of likely N-dealkylation sites (tertiary alicyclic amines) is 1. The zero-order valence-electron chi connectivity index (χ0n) is 10.6. The van der Waals surface area contributed by atoms with Gasteiger partial charge in [0.2, 0.25) is 0 Å². The molecular formula is C14H20N2O. The van der Waals surface area contributed by atoms with Crippen LogP contribution >= 0.6 is 0 Å². The lowest BCUT2D eigenvalue weighted by atomic mass is 9.83. The first-order valence-corrected chi connectivity index (χ1v) is 6.29. The van der Waals surface area contributed by atoms with Gasteiger partial charge in [-0.05, 0) is 18.7 Å². The Labute approximate surface area is 103 Å². The van der Waals surface area contributed by atoms with Crippen LogP contribution in [0.15, 0.2) is 18.2 Å². The lowest BCUT2D eigenvalue weighted by molar-refractivity contribution is -0.00160. The van der Waals surface area contributed by atoms with Crippen LogP contribution in [0.1, 0.15) is 18.1 Å². The maximum absolute atomic E-state index is 6.04. The highest BCUT2D eigenvalue weighted by molar-refractivity contribution is 5.42. The molecule has 0 atom stereocenters. The van der Waals surface area contributed by atoms with E-state index in [0.717, 1.165) is 38.5 Å². The number of hydrogen-bond acceptors (Lipinski definition) is 3. The maximum Gasteiger partial charge on any atom is 0.124 e. The highest BCUT2D eigenvalue weighted by Gasteiger charge is 2.37. The van der Waals surface area contributed by atoms with E-state index in [1.807, 2.05) is 0 Å². The summed E-state index contributed by atoms with van der Waals surface area (Å²) < 4.78 is 6.04. The molecule has 92 valence electrons. The summed E-state index contributed by atoms with van der Waals surface area (Å²) in [5.41, 5.74) is 3.07. The molecule has 1 fully saturated rings. The Bertz CT molecular complexity index is 424. The lowest BCUT2D eigenvalue weighted by Crippen LogP contribution is -2.55. The van der Waals surface area contributed by atoms with E-state index in [4.69, 9.17) is 4.74 Å².